The number of carbonyl (C=O) groups is 1. The molecule has 1 aromatic carbocycles. The van der Waals surface area contributed by atoms with Crippen molar-refractivity contribution in [3.8, 4) is 5.75 Å². The summed E-state index contributed by atoms with van der Waals surface area (Å²) in [7, 11) is 1.50. The lowest BCUT2D eigenvalue weighted by Crippen LogP contribution is -2.21. The molecule has 2 aromatic rings. The van der Waals surface area contributed by atoms with E-state index in [1.807, 2.05) is 0 Å². The molecule has 2 rings (SSSR count). The van der Waals surface area contributed by atoms with Crippen LogP contribution in [0.3, 0.4) is 0 Å². The Morgan fingerprint density at radius 2 is 2.14 bits per heavy atom. The molecule has 0 saturated carbocycles. The zero-order valence-corrected chi connectivity index (χ0v) is 11.9. The predicted molar refractivity (Wildman–Crippen MR) is 80.6 cm³/mol. The molecule has 0 radical (unpaired) electrons. The van der Waals surface area contributed by atoms with Crippen LogP contribution in [0, 0.1) is 6.92 Å². The highest BCUT2D eigenvalue weighted by atomic mass is 16.5. The van der Waals surface area contributed by atoms with Crippen molar-refractivity contribution in [3.63, 3.8) is 0 Å². The van der Waals surface area contributed by atoms with Crippen molar-refractivity contribution in [1.82, 2.24) is 4.98 Å². The number of methoxy groups -OCH3 is 1. The second-order valence-electron chi connectivity index (χ2n) is 4.59. The Morgan fingerprint density at radius 3 is 2.76 bits per heavy atom. The first-order chi connectivity index (χ1) is 10.0. The lowest BCUT2D eigenvalue weighted by atomic mass is 10.1. The summed E-state index contributed by atoms with van der Waals surface area (Å²) in [6.07, 6.45) is 1.40. The van der Waals surface area contributed by atoms with Crippen molar-refractivity contribution in [3.05, 3.63) is 57.5 Å². The van der Waals surface area contributed by atoms with Crippen molar-refractivity contribution in [2.75, 3.05) is 12.4 Å². The average Bonchev–Trinajstić information content (AvgIpc) is 2.47. The second kappa shape index (κ2) is 6.23. The summed E-state index contributed by atoms with van der Waals surface area (Å²) in [6, 6.07) is 6.61. The van der Waals surface area contributed by atoms with Gasteiger partial charge in [-0.15, -0.1) is 0 Å². The summed E-state index contributed by atoms with van der Waals surface area (Å²) < 4.78 is 5.22. The predicted octanol–water partition coefficient (Wildman–Crippen LogP) is 1.40. The van der Waals surface area contributed by atoms with Crippen LogP contribution < -0.4 is 21.2 Å². The molecule has 0 atom stereocenters. The Bertz CT molecular complexity index is 722. The normalized spacial score (nSPS) is 10.2. The second-order valence-corrected chi connectivity index (χ2v) is 4.59. The van der Waals surface area contributed by atoms with Gasteiger partial charge in [0.25, 0.3) is 5.91 Å². The summed E-state index contributed by atoms with van der Waals surface area (Å²) in [5, 5.41) is 2.66. The fraction of sp³-hybridized carbons (Fsp3) is 0.200. The molecule has 1 aromatic heterocycles. The van der Waals surface area contributed by atoms with Crippen LogP contribution >= 0.6 is 0 Å². The maximum atomic E-state index is 12.2. The first-order valence-corrected chi connectivity index (χ1v) is 6.43. The smallest absolute Gasteiger partial charge is 0.261 e. The number of ether oxygens (including phenoxy) is 1. The van der Waals surface area contributed by atoms with Crippen LogP contribution in [-0.4, -0.2) is 18.0 Å². The quantitative estimate of drug-likeness (QED) is 0.791. The lowest BCUT2D eigenvalue weighted by Gasteiger charge is -2.11. The molecule has 6 nitrogen and oxygen atoms in total. The highest BCUT2D eigenvalue weighted by molar-refractivity contribution is 6.04. The van der Waals surface area contributed by atoms with E-state index >= 15 is 0 Å². The summed E-state index contributed by atoms with van der Waals surface area (Å²) in [6.45, 7) is 2.12. The fourth-order valence-electron chi connectivity index (χ4n) is 1.91. The van der Waals surface area contributed by atoms with Gasteiger partial charge in [0.05, 0.1) is 12.8 Å². The molecule has 0 aliphatic carbocycles. The Balaban J connectivity index is 2.29. The van der Waals surface area contributed by atoms with Gasteiger partial charge in [-0.3, -0.25) is 9.59 Å². The number of nitrogens with one attached hydrogen (secondary N) is 2. The van der Waals surface area contributed by atoms with E-state index in [1.54, 1.807) is 25.1 Å². The number of rotatable bonds is 4. The number of H-pyrrole nitrogens is 1. The Hall–Kier alpha value is -2.60. The highest BCUT2D eigenvalue weighted by Crippen LogP contribution is 2.25. The van der Waals surface area contributed by atoms with Crippen LogP contribution in [0.15, 0.2) is 35.3 Å². The van der Waals surface area contributed by atoms with Gasteiger partial charge in [-0.05, 0) is 24.6 Å². The number of benzene rings is 1. The van der Waals surface area contributed by atoms with E-state index in [-0.39, 0.29) is 11.0 Å². The zero-order chi connectivity index (χ0) is 15.4. The summed E-state index contributed by atoms with van der Waals surface area (Å²) in [4.78, 5) is 26.8. The maximum absolute atomic E-state index is 12.2. The molecule has 4 N–H and O–H groups in total. The first kappa shape index (κ1) is 14.8. The molecule has 0 aliphatic rings. The van der Waals surface area contributed by atoms with Crippen molar-refractivity contribution in [2.45, 2.75) is 13.5 Å². The van der Waals surface area contributed by atoms with Crippen LogP contribution in [0.4, 0.5) is 5.69 Å². The van der Waals surface area contributed by atoms with Crippen LogP contribution in [0.25, 0.3) is 0 Å². The van der Waals surface area contributed by atoms with E-state index in [2.05, 4.69) is 10.3 Å². The van der Waals surface area contributed by atoms with Gasteiger partial charge in [0.15, 0.2) is 5.43 Å². The van der Waals surface area contributed by atoms with Gasteiger partial charge in [-0.25, -0.2) is 0 Å². The van der Waals surface area contributed by atoms with E-state index in [9.17, 15) is 9.59 Å². The number of aromatic nitrogens is 1. The van der Waals surface area contributed by atoms with Crippen LogP contribution in [0.1, 0.15) is 21.6 Å². The van der Waals surface area contributed by atoms with Crippen molar-refractivity contribution in [2.24, 2.45) is 5.73 Å². The molecule has 0 saturated heterocycles. The van der Waals surface area contributed by atoms with E-state index in [0.29, 0.717) is 23.7 Å². The van der Waals surface area contributed by atoms with Gasteiger partial charge >= 0.3 is 0 Å². The van der Waals surface area contributed by atoms with E-state index in [4.69, 9.17) is 10.5 Å². The minimum atomic E-state index is -0.491. The Kier molecular flexibility index (Phi) is 4.39. The van der Waals surface area contributed by atoms with Crippen LogP contribution in [-0.2, 0) is 6.54 Å². The highest BCUT2D eigenvalue weighted by Gasteiger charge is 2.13. The molecule has 0 aliphatic heterocycles. The molecule has 6 heteroatoms. The standard InChI is InChI=1S/C15H17N3O3/c1-9-5-13(19)11(8-17-9)15(20)18-12-4-3-10(7-16)6-14(12)21-2/h3-6,8H,7,16H2,1-2H3,(H,17,19)(H,18,20). The number of anilines is 1. The van der Waals surface area contributed by atoms with Crippen molar-refractivity contribution < 1.29 is 9.53 Å². The van der Waals surface area contributed by atoms with E-state index < -0.39 is 5.91 Å². The molecule has 21 heavy (non-hydrogen) atoms. The molecule has 1 amide bonds. The fourth-order valence-corrected chi connectivity index (χ4v) is 1.91. The summed E-state index contributed by atoms with van der Waals surface area (Å²) >= 11 is 0. The minimum absolute atomic E-state index is 0.0468. The zero-order valence-electron chi connectivity index (χ0n) is 11.9. The first-order valence-electron chi connectivity index (χ1n) is 6.43. The van der Waals surface area contributed by atoms with Gasteiger partial charge in [-0.1, -0.05) is 6.07 Å². The number of aromatic amines is 1. The van der Waals surface area contributed by atoms with Gasteiger partial charge < -0.3 is 20.8 Å². The van der Waals surface area contributed by atoms with Crippen LogP contribution in [0.5, 0.6) is 5.75 Å². The Labute approximate surface area is 121 Å². The van der Waals surface area contributed by atoms with Gasteiger partial charge in [0, 0.05) is 24.5 Å². The molecule has 0 bridgehead atoms. The largest absolute Gasteiger partial charge is 0.495 e. The molecule has 1 heterocycles. The van der Waals surface area contributed by atoms with Gasteiger partial charge in [0.2, 0.25) is 0 Å². The minimum Gasteiger partial charge on any atom is -0.495 e. The number of pyridine rings is 1. The summed E-state index contributed by atoms with van der Waals surface area (Å²) in [5.74, 6) is 0.00453. The number of aryl methyl sites for hydroxylation is 1. The third-order valence-electron chi connectivity index (χ3n) is 3.05. The molecule has 0 unspecified atom stereocenters. The van der Waals surface area contributed by atoms with Gasteiger partial charge in [-0.2, -0.15) is 0 Å². The number of hydrogen-bond donors (Lipinski definition) is 3. The Morgan fingerprint density at radius 1 is 1.38 bits per heavy atom. The maximum Gasteiger partial charge on any atom is 0.261 e. The number of carbonyl (C=O) groups excluding carboxylic acids is 1. The molecule has 110 valence electrons. The third kappa shape index (κ3) is 3.29. The SMILES string of the molecule is COc1cc(CN)ccc1NC(=O)c1c[nH]c(C)cc1=O. The monoisotopic (exact) mass is 287 g/mol. The third-order valence-corrected chi connectivity index (χ3v) is 3.05. The van der Waals surface area contributed by atoms with E-state index in [0.717, 1.165) is 5.56 Å². The topological polar surface area (TPSA) is 97.2 Å². The summed E-state index contributed by atoms with van der Waals surface area (Å²) in [5.41, 5.74) is 7.34. The van der Waals surface area contributed by atoms with Crippen molar-refractivity contribution in [1.29, 1.82) is 0 Å². The average molecular weight is 287 g/mol. The number of nitrogens with two attached hydrogens (primary N) is 1. The van der Waals surface area contributed by atoms with Gasteiger partial charge in [0.1, 0.15) is 11.3 Å². The van der Waals surface area contributed by atoms with Crippen molar-refractivity contribution >= 4 is 11.6 Å². The lowest BCUT2D eigenvalue weighted by molar-refractivity contribution is 0.102. The number of amides is 1. The molecule has 0 fully saturated rings. The number of hydrogen-bond acceptors (Lipinski definition) is 4. The van der Waals surface area contributed by atoms with Crippen LogP contribution in [0.2, 0.25) is 0 Å². The molecule has 0 spiro atoms. The molecular weight excluding hydrogens is 270 g/mol. The van der Waals surface area contributed by atoms with E-state index in [1.165, 1.54) is 19.4 Å². The molecular formula is C15H17N3O3.